The summed E-state index contributed by atoms with van der Waals surface area (Å²) in [5.41, 5.74) is 0. The zero-order valence-electron chi connectivity index (χ0n) is 8.80. The molecule has 5 atom stereocenters. The van der Waals surface area contributed by atoms with E-state index in [4.69, 9.17) is 11.6 Å². The number of hydrogen-bond donors (Lipinski definition) is 0. The van der Waals surface area contributed by atoms with Crippen LogP contribution in [0, 0.1) is 23.7 Å². The Balaban J connectivity index is 1.83. The Morgan fingerprint density at radius 2 is 2.00 bits per heavy atom. The fourth-order valence-corrected chi connectivity index (χ4v) is 3.43. The second kappa shape index (κ2) is 3.81. The summed E-state index contributed by atoms with van der Waals surface area (Å²) in [4.78, 5) is 0. The summed E-state index contributed by atoms with van der Waals surface area (Å²) >= 11 is 6.11. The van der Waals surface area contributed by atoms with Gasteiger partial charge in [-0.15, -0.1) is 11.6 Å². The van der Waals surface area contributed by atoms with E-state index in [1.165, 1.54) is 32.1 Å². The Kier molecular flexibility index (Phi) is 2.88. The lowest BCUT2D eigenvalue weighted by Gasteiger charge is -2.25. The van der Waals surface area contributed by atoms with Gasteiger partial charge in [0.25, 0.3) is 0 Å². The maximum atomic E-state index is 6.11. The van der Waals surface area contributed by atoms with Gasteiger partial charge in [-0.2, -0.15) is 0 Å². The SMILES string of the molecule is CC(Cl)C(C)CC1CC2CCC1C2. The molecule has 2 aliphatic rings. The molecule has 2 aliphatic carbocycles. The molecule has 0 N–H and O–H groups in total. The largest absolute Gasteiger partial charge is 0.123 e. The van der Waals surface area contributed by atoms with Gasteiger partial charge in [0.2, 0.25) is 0 Å². The predicted octanol–water partition coefficient (Wildman–Crippen LogP) is 4.08. The average molecular weight is 201 g/mol. The van der Waals surface area contributed by atoms with Crippen LogP contribution in [0.3, 0.4) is 0 Å². The van der Waals surface area contributed by atoms with E-state index in [-0.39, 0.29) is 0 Å². The normalized spacial score (nSPS) is 42.2. The van der Waals surface area contributed by atoms with Crippen molar-refractivity contribution in [2.24, 2.45) is 23.7 Å². The molecule has 0 spiro atoms. The van der Waals surface area contributed by atoms with Gasteiger partial charge in [0.05, 0.1) is 0 Å². The Bertz CT molecular complexity index is 176. The van der Waals surface area contributed by atoms with Gasteiger partial charge in [0.15, 0.2) is 0 Å². The minimum atomic E-state index is 0.360. The molecule has 2 fully saturated rings. The zero-order valence-corrected chi connectivity index (χ0v) is 9.56. The first-order chi connectivity index (χ1) is 6.16. The van der Waals surface area contributed by atoms with Crippen molar-refractivity contribution in [1.82, 2.24) is 0 Å². The molecule has 0 aromatic heterocycles. The summed E-state index contributed by atoms with van der Waals surface area (Å²) in [6, 6.07) is 0. The second-order valence-electron chi connectivity index (χ2n) is 5.33. The third-order valence-corrected chi connectivity index (χ3v) is 4.77. The third kappa shape index (κ3) is 2.03. The van der Waals surface area contributed by atoms with Gasteiger partial charge in [-0.3, -0.25) is 0 Å². The van der Waals surface area contributed by atoms with E-state index >= 15 is 0 Å². The van der Waals surface area contributed by atoms with E-state index in [0.29, 0.717) is 11.3 Å². The smallest absolute Gasteiger partial charge is 0.0333 e. The van der Waals surface area contributed by atoms with Crippen LogP contribution in [0.25, 0.3) is 0 Å². The fraction of sp³-hybridized carbons (Fsp3) is 1.00. The highest BCUT2D eigenvalue weighted by molar-refractivity contribution is 6.20. The van der Waals surface area contributed by atoms with Crippen LogP contribution < -0.4 is 0 Å². The predicted molar refractivity (Wildman–Crippen MR) is 58.0 cm³/mol. The van der Waals surface area contributed by atoms with Crippen molar-refractivity contribution < 1.29 is 0 Å². The first-order valence-corrected chi connectivity index (χ1v) is 6.24. The van der Waals surface area contributed by atoms with Crippen LogP contribution in [0.4, 0.5) is 0 Å². The van der Waals surface area contributed by atoms with E-state index in [9.17, 15) is 0 Å². The maximum Gasteiger partial charge on any atom is 0.0333 e. The van der Waals surface area contributed by atoms with Crippen LogP contribution in [0.2, 0.25) is 0 Å². The summed E-state index contributed by atoms with van der Waals surface area (Å²) in [7, 11) is 0. The topological polar surface area (TPSA) is 0 Å². The van der Waals surface area contributed by atoms with Gasteiger partial charge in [-0.1, -0.05) is 13.3 Å². The molecule has 0 aromatic carbocycles. The summed E-state index contributed by atoms with van der Waals surface area (Å²) in [6.07, 6.45) is 7.46. The molecule has 0 radical (unpaired) electrons. The average Bonchev–Trinajstić information content (AvgIpc) is 2.64. The fourth-order valence-electron chi connectivity index (χ4n) is 3.33. The summed E-state index contributed by atoms with van der Waals surface area (Å²) in [5, 5.41) is 0.360. The maximum absolute atomic E-state index is 6.11. The third-order valence-electron chi connectivity index (χ3n) is 4.34. The van der Waals surface area contributed by atoms with Crippen molar-refractivity contribution in [3.05, 3.63) is 0 Å². The molecule has 0 aliphatic heterocycles. The van der Waals surface area contributed by atoms with Crippen molar-refractivity contribution in [1.29, 1.82) is 0 Å². The molecule has 76 valence electrons. The van der Waals surface area contributed by atoms with Gasteiger partial charge in [-0.05, 0) is 56.3 Å². The summed E-state index contributed by atoms with van der Waals surface area (Å²) in [6.45, 7) is 4.45. The van der Waals surface area contributed by atoms with E-state index in [0.717, 1.165) is 17.8 Å². The molecule has 0 saturated heterocycles. The minimum Gasteiger partial charge on any atom is -0.123 e. The van der Waals surface area contributed by atoms with Crippen molar-refractivity contribution >= 4 is 11.6 Å². The van der Waals surface area contributed by atoms with Crippen LogP contribution in [0.15, 0.2) is 0 Å². The van der Waals surface area contributed by atoms with Crippen molar-refractivity contribution in [2.45, 2.75) is 51.3 Å². The molecule has 0 amide bonds. The summed E-state index contributed by atoms with van der Waals surface area (Å²) < 4.78 is 0. The Morgan fingerprint density at radius 1 is 1.23 bits per heavy atom. The molecule has 5 unspecified atom stereocenters. The van der Waals surface area contributed by atoms with Crippen LogP contribution in [-0.2, 0) is 0 Å². The molecule has 1 heteroatoms. The molecule has 0 heterocycles. The minimum absolute atomic E-state index is 0.360. The van der Waals surface area contributed by atoms with Gasteiger partial charge >= 0.3 is 0 Å². The van der Waals surface area contributed by atoms with Crippen molar-refractivity contribution in [2.75, 3.05) is 0 Å². The van der Waals surface area contributed by atoms with Crippen molar-refractivity contribution in [3.63, 3.8) is 0 Å². The number of fused-ring (bicyclic) bond motifs is 2. The number of halogens is 1. The Hall–Kier alpha value is 0.290. The molecule has 2 saturated carbocycles. The lowest BCUT2D eigenvalue weighted by atomic mass is 9.82. The van der Waals surface area contributed by atoms with E-state index in [1.807, 2.05) is 0 Å². The Morgan fingerprint density at radius 3 is 2.46 bits per heavy atom. The monoisotopic (exact) mass is 200 g/mol. The van der Waals surface area contributed by atoms with Crippen LogP contribution in [0.5, 0.6) is 0 Å². The standard InChI is InChI=1S/C12H21Cl/c1-8(9(2)13)5-12-7-10-3-4-11(12)6-10/h8-12H,3-7H2,1-2H3. The highest BCUT2D eigenvalue weighted by Gasteiger charge is 2.39. The molecule has 2 bridgehead atoms. The van der Waals surface area contributed by atoms with Gasteiger partial charge in [0, 0.05) is 5.38 Å². The van der Waals surface area contributed by atoms with Crippen LogP contribution >= 0.6 is 11.6 Å². The summed E-state index contributed by atoms with van der Waals surface area (Å²) in [5.74, 6) is 3.90. The molecule has 2 rings (SSSR count). The highest BCUT2D eigenvalue weighted by atomic mass is 35.5. The lowest BCUT2D eigenvalue weighted by molar-refractivity contribution is 0.274. The van der Waals surface area contributed by atoms with Crippen LogP contribution in [-0.4, -0.2) is 5.38 Å². The van der Waals surface area contributed by atoms with Gasteiger partial charge in [0.1, 0.15) is 0 Å². The highest BCUT2D eigenvalue weighted by Crippen LogP contribution is 2.50. The molecular weight excluding hydrogens is 180 g/mol. The second-order valence-corrected chi connectivity index (χ2v) is 6.01. The number of hydrogen-bond acceptors (Lipinski definition) is 0. The van der Waals surface area contributed by atoms with E-state index in [1.54, 1.807) is 0 Å². The molecular formula is C12H21Cl. The molecule has 13 heavy (non-hydrogen) atoms. The number of rotatable bonds is 3. The van der Waals surface area contributed by atoms with Gasteiger partial charge < -0.3 is 0 Å². The molecule has 0 nitrogen and oxygen atoms in total. The van der Waals surface area contributed by atoms with Crippen LogP contribution in [0.1, 0.15) is 46.0 Å². The van der Waals surface area contributed by atoms with Crippen molar-refractivity contribution in [3.8, 4) is 0 Å². The first kappa shape index (κ1) is 9.83. The lowest BCUT2D eigenvalue weighted by Crippen LogP contribution is -2.17. The van der Waals surface area contributed by atoms with E-state index in [2.05, 4.69) is 13.8 Å². The first-order valence-electron chi connectivity index (χ1n) is 5.81. The van der Waals surface area contributed by atoms with E-state index < -0.39 is 0 Å². The quantitative estimate of drug-likeness (QED) is 0.603. The zero-order chi connectivity index (χ0) is 9.42. The molecule has 0 aromatic rings. The Labute approximate surface area is 87.0 Å². The van der Waals surface area contributed by atoms with Gasteiger partial charge in [-0.25, -0.2) is 0 Å². The number of alkyl halides is 1.